The molecule has 0 amide bonds. The summed E-state index contributed by atoms with van der Waals surface area (Å²) >= 11 is 0. The van der Waals surface area contributed by atoms with Crippen LogP contribution < -0.4 is 10.1 Å². The van der Waals surface area contributed by atoms with E-state index in [9.17, 15) is 5.11 Å². The second-order valence-corrected chi connectivity index (χ2v) is 4.45. The van der Waals surface area contributed by atoms with Crippen LogP contribution in [0, 0.1) is 0 Å². The molecule has 102 valence electrons. The molecule has 0 fully saturated rings. The fraction of sp³-hybridized carbons (Fsp3) is 0.571. The Bertz CT molecular complexity index is 305. The Labute approximate surface area is 109 Å². The fourth-order valence-corrected chi connectivity index (χ4v) is 1.60. The molecule has 0 aliphatic heterocycles. The lowest BCUT2D eigenvalue weighted by Crippen LogP contribution is -2.36. The summed E-state index contributed by atoms with van der Waals surface area (Å²) in [5.41, 5.74) is 0. The average molecular weight is 253 g/mol. The maximum atomic E-state index is 9.75. The zero-order valence-electron chi connectivity index (χ0n) is 10.9. The molecule has 0 saturated heterocycles. The first kappa shape index (κ1) is 15.0. The maximum absolute atomic E-state index is 9.75. The van der Waals surface area contributed by atoms with Crippen LogP contribution in [0.2, 0.25) is 0 Å². The molecule has 0 aromatic heterocycles. The zero-order chi connectivity index (χ0) is 13.2. The Hall–Kier alpha value is -1.10. The van der Waals surface area contributed by atoms with E-state index in [4.69, 9.17) is 9.84 Å². The van der Waals surface area contributed by atoms with Crippen molar-refractivity contribution in [3.8, 4) is 5.75 Å². The zero-order valence-corrected chi connectivity index (χ0v) is 10.9. The summed E-state index contributed by atoms with van der Waals surface area (Å²) in [5, 5.41) is 21.7. The van der Waals surface area contributed by atoms with Crippen LogP contribution in [0.1, 0.15) is 19.8 Å². The smallest absolute Gasteiger partial charge is 0.119 e. The molecule has 4 heteroatoms. The topological polar surface area (TPSA) is 61.7 Å². The Kier molecular flexibility index (Phi) is 7.41. The number of aliphatic hydroxyl groups is 2. The molecule has 0 spiro atoms. The molecule has 0 bridgehead atoms. The molecule has 18 heavy (non-hydrogen) atoms. The molecule has 1 rings (SSSR count). The van der Waals surface area contributed by atoms with Crippen molar-refractivity contribution >= 4 is 0 Å². The highest BCUT2D eigenvalue weighted by atomic mass is 16.5. The molecule has 1 aromatic rings. The van der Waals surface area contributed by atoms with Gasteiger partial charge >= 0.3 is 0 Å². The fourth-order valence-electron chi connectivity index (χ4n) is 1.60. The molecule has 0 saturated carbocycles. The van der Waals surface area contributed by atoms with Crippen molar-refractivity contribution in [3.63, 3.8) is 0 Å². The van der Waals surface area contributed by atoms with Gasteiger partial charge in [0.2, 0.25) is 0 Å². The van der Waals surface area contributed by atoms with Crippen molar-refractivity contribution < 1.29 is 14.9 Å². The van der Waals surface area contributed by atoms with Crippen molar-refractivity contribution in [2.45, 2.75) is 31.9 Å². The maximum Gasteiger partial charge on any atom is 0.119 e. The summed E-state index contributed by atoms with van der Waals surface area (Å²) < 4.78 is 5.45. The Morgan fingerprint density at radius 1 is 1.28 bits per heavy atom. The number of nitrogens with one attached hydrogen (secondary N) is 1. The molecule has 4 nitrogen and oxygen atoms in total. The molecule has 2 atom stereocenters. The van der Waals surface area contributed by atoms with Crippen LogP contribution in [0.15, 0.2) is 30.3 Å². The summed E-state index contributed by atoms with van der Waals surface area (Å²) in [6.07, 6.45) is 1.16. The molecular formula is C14H23NO3. The molecular weight excluding hydrogens is 230 g/mol. The largest absolute Gasteiger partial charge is 0.491 e. The van der Waals surface area contributed by atoms with E-state index in [0.717, 1.165) is 18.6 Å². The van der Waals surface area contributed by atoms with Crippen molar-refractivity contribution in [3.05, 3.63) is 30.3 Å². The van der Waals surface area contributed by atoms with Crippen molar-refractivity contribution in [1.29, 1.82) is 0 Å². The van der Waals surface area contributed by atoms with Crippen LogP contribution in [0.25, 0.3) is 0 Å². The van der Waals surface area contributed by atoms with Crippen LogP contribution in [0.5, 0.6) is 5.75 Å². The van der Waals surface area contributed by atoms with Gasteiger partial charge in [-0.05, 0) is 31.9 Å². The monoisotopic (exact) mass is 253 g/mol. The summed E-state index contributed by atoms with van der Waals surface area (Å²) in [4.78, 5) is 0. The standard InChI is InChI=1S/C14H23NO3/c1-12(6-5-9-16)15-10-13(17)11-18-14-7-3-2-4-8-14/h2-4,7-8,12-13,15-17H,5-6,9-11H2,1H3. The molecule has 3 N–H and O–H groups in total. The van der Waals surface area contributed by atoms with Gasteiger partial charge in [-0.1, -0.05) is 18.2 Å². The highest BCUT2D eigenvalue weighted by molar-refractivity contribution is 5.20. The number of para-hydroxylation sites is 1. The minimum atomic E-state index is -0.526. The lowest BCUT2D eigenvalue weighted by Gasteiger charge is -2.17. The molecule has 2 unspecified atom stereocenters. The number of hydrogen-bond donors (Lipinski definition) is 3. The minimum absolute atomic E-state index is 0.214. The second kappa shape index (κ2) is 8.91. The van der Waals surface area contributed by atoms with Gasteiger partial charge in [-0.2, -0.15) is 0 Å². The van der Waals surface area contributed by atoms with Gasteiger partial charge in [0, 0.05) is 19.2 Å². The second-order valence-electron chi connectivity index (χ2n) is 4.45. The summed E-state index contributed by atoms with van der Waals surface area (Å²) in [6, 6.07) is 9.75. The first-order valence-electron chi connectivity index (χ1n) is 6.42. The van der Waals surface area contributed by atoms with Crippen molar-refractivity contribution in [2.24, 2.45) is 0 Å². The molecule has 0 aliphatic rings. The average Bonchev–Trinajstić information content (AvgIpc) is 2.41. The van der Waals surface area contributed by atoms with E-state index in [1.165, 1.54) is 0 Å². The molecule has 1 aromatic carbocycles. The first-order valence-corrected chi connectivity index (χ1v) is 6.42. The van der Waals surface area contributed by atoms with E-state index in [2.05, 4.69) is 5.32 Å². The number of hydrogen-bond acceptors (Lipinski definition) is 4. The van der Waals surface area contributed by atoms with E-state index in [1.807, 2.05) is 37.3 Å². The normalized spacial score (nSPS) is 14.2. The lowest BCUT2D eigenvalue weighted by atomic mass is 10.2. The van der Waals surface area contributed by atoms with Crippen molar-refractivity contribution in [2.75, 3.05) is 19.8 Å². The number of benzene rings is 1. The van der Waals surface area contributed by atoms with Crippen LogP contribution in [0.3, 0.4) is 0 Å². The van der Waals surface area contributed by atoms with E-state index in [0.29, 0.717) is 12.6 Å². The number of ether oxygens (including phenoxy) is 1. The van der Waals surface area contributed by atoms with Crippen LogP contribution in [-0.4, -0.2) is 42.1 Å². The van der Waals surface area contributed by atoms with E-state index >= 15 is 0 Å². The third-order valence-electron chi connectivity index (χ3n) is 2.68. The van der Waals surface area contributed by atoms with E-state index < -0.39 is 6.10 Å². The number of rotatable bonds is 9. The molecule has 0 radical (unpaired) electrons. The minimum Gasteiger partial charge on any atom is -0.491 e. The predicted molar refractivity (Wildman–Crippen MR) is 71.7 cm³/mol. The van der Waals surface area contributed by atoms with Crippen LogP contribution in [-0.2, 0) is 0 Å². The summed E-state index contributed by atoms with van der Waals surface area (Å²) in [6.45, 7) is 3.04. The third-order valence-corrected chi connectivity index (χ3v) is 2.68. The molecule has 0 heterocycles. The SMILES string of the molecule is CC(CCCO)NCC(O)COc1ccccc1. The van der Waals surface area contributed by atoms with Gasteiger partial charge in [0.25, 0.3) is 0 Å². The highest BCUT2D eigenvalue weighted by Gasteiger charge is 2.07. The molecule has 0 aliphatic carbocycles. The van der Waals surface area contributed by atoms with E-state index in [-0.39, 0.29) is 13.2 Å². The van der Waals surface area contributed by atoms with Gasteiger partial charge in [-0.15, -0.1) is 0 Å². The van der Waals surface area contributed by atoms with Gasteiger partial charge in [-0.3, -0.25) is 0 Å². The van der Waals surface area contributed by atoms with Gasteiger partial charge in [0.05, 0.1) is 0 Å². The summed E-state index contributed by atoms with van der Waals surface area (Å²) in [7, 11) is 0. The van der Waals surface area contributed by atoms with Gasteiger partial charge in [0.15, 0.2) is 0 Å². The van der Waals surface area contributed by atoms with Crippen LogP contribution in [0.4, 0.5) is 0 Å². The Morgan fingerprint density at radius 2 is 2.00 bits per heavy atom. The Balaban J connectivity index is 2.12. The third kappa shape index (κ3) is 6.59. The lowest BCUT2D eigenvalue weighted by molar-refractivity contribution is 0.103. The van der Waals surface area contributed by atoms with Gasteiger partial charge in [0.1, 0.15) is 18.5 Å². The summed E-state index contributed by atoms with van der Waals surface area (Å²) in [5.74, 6) is 0.768. The van der Waals surface area contributed by atoms with Gasteiger partial charge < -0.3 is 20.3 Å². The first-order chi connectivity index (χ1) is 8.72. The Morgan fingerprint density at radius 3 is 2.67 bits per heavy atom. The van der Waals surface area contributed by atoms with Gasteiger partial charge in [-0.25, -0.2) is 0 Å². The van der Waals surface area contributed by atoms with Crippen molar-refractivity contribution in [1.82, 2.24) is 5.32 Å². The van der Waals surface area contributed by atoms with E-state index in [1.54, 1.807) is 0 Å². The quantitative estimate of drug-likeness (QED) is 0.618. The predicted octanol–water partition coefficient (Wildman–Crippen LogP) is 1.18. The number of aliphatic hydroxyl groups excluding tert-OH is 2. The van der Waals surface area contributed by atoms with Crippen LogP contribution >= 0.6 is 0 Å². The highest BCUT2D eigenvalue weighted by Crippen LogP contribution is 2.08.